The summed E-state index contributed by atoms with van der Waals surface area (Å²) in [6.07, 6.45) is 1.94. The fourth-order valence-corrected chi connectivity index (χ4v) is 2.47. The molecule has 2 aromatic rings. The fraction of sp³-hybridized carbons (Fsp3) is 0.571. The minimum atomic E-state index is -0.203. The van der Waals surface area contributed by atoms with E-state index in [2.05, 4.69) is 19.7 Å². The highest BCUT2D eigenvalue weighted by Gasteiger charge is 2.14. The molecule has 2 aromatic heterocycles. The number of esters is 1. The molecule has 8 heteroatoms. The molecule has 2 rings (SSSR count). The molecule has 0 fully saturated rings. The maximum Gasteiger partial charge on any atom is 0.305 e. The van der Waals surface area contributed by atoms with E-state index in [0.29, 0.717) is 24.1 Å². The van der Waals surface area contributed by atoms with Gasteiger partial charge in [-0.05, 0) is 31.4 Å². The van der Waals surface area contributed by atoms with E-state index >= 15 is 0 Å². The van der Waals surface area contributed by atoms with E-state index in [9.17, 15) is 4.79 Å². The molecule has 0 radical (unpaired) electrons. The second-order valence-corrected chi connectivity index (χ2v) is 5.00. The van der Waals surface area contributed by atoms with Crippen LogP contribution in [0.25, 0.3) is 11.2 Å². The first-order chi connectivity index (χ1) is 10.5. The molecule has 0 aromatic carbocycles. The summed E-state index contributed by atoms with van der Waals surface area (Å²) in [4.78, 5) is 23.3. The molecule has 0 aliphatic rings. The van der Waals surface area contributed by atoms with Crippen molar-refractivity contribution in [3.05, 3.63) is 16.3 Å². The Bertz CT molecular complexity index is 643. The molecule has 0 bridgehead atoms. The Balaban J connectivity index is 0.00000116. The van der Waals surface area contributed by atoms with Gasteiger partial charge in [-0.2, -0.15) is 4.98 Å². The molecule has 122 valence electrons. The van der Waals surface area contributed by atoms with E-state index in [1.807, 2.05) is 25.3 Å². The van der Waals surface area contributed by atoms with E-state index in [-0.39, 0.29) is 16.4 Å². The first-order valence-corrected chi connectivity index (χ1v) is 7.91. The zero-order valence-electron chi connectivity index (χ0n) is 13.2. The second kappa shape index (κ2) is 8.90. The topological polar surface area (TPSA) is 69.9 Å². The van der Waals surface area contributed by atoms with E-state index in [4.69, 9.17) is 23.2 Å². The average Bonchev–Trinajstić information content (AvgIpc) is 2.81. The van der Waals surface area contributed by atoms with Gasteiger partial charge in [-0.25, -0.2) is 9.97 Å². The van der Waals surface area contributed by atoms with Gasteiger partial charge >= 0.3 is 5.97 Å². The van der Waals surface area contributed by atoms with Crippen molar-refractivity contribution in [2.45, 2.75) is 46.6 Å². The molecule has 0 N–H and O–H groups in total. The van der Waals surface area contributed by atoms with Crippen molar-refractivity contribution < 1.29 is 9.53 Å². The number of imidazole rings is 1. The number of ether oxygens (including phenoxy) is 1. The van der Waals surface area contributed by atoms with Crippen LogP contribution in [0.4, 0.5) is 0 Å². The molecular formula is C14H20Cl2N4O2. The highest BCUT2D eigenvalue weighted by Crippen LogP contribution is 2.23. The molecule has 22 heavy (non-hydrogen) atoms. The fourth-order valence-electron chi connectivity index (χ4n) is 1.99. The third kappa shape index (κ3) is 4.55. The summed E-state index contributed by atoms with van der Waals surface area (Å²) < 4.78 is 6.54. The quantitative estimate of drug-likeness (QED) is 0.356. The number of unbranched alkanes of at least 4 members (excludes halogenated alkanes) is 1. The minimum absolute atomic E-state index is 0.0813. The van der Waals surface area contributed by atoms with Crippen molar-refractivity contribution in [2.24, 2.45) is 0 Å². The smallest absolute Gasteiger partial charge is 0.305 e. The van der Waals surface area contributed by atoms with Crippen LogP contribution in [0.3, 0.4) is 0 Å². The highest BCUT2D eigenvalue weighted by atomic mass is 35.5. The van der Waals surface area contributed by atoms with E-state index in [1.165, 1.54) is 7.11 Å². The van der Waals surface area contributed by atoms with Crippen LogP contribution in [0.1, 0.15) is 38.9 Å². The van der Waals surface area contributed by atoms with Gasteiger partial charge in [0.1, 0.15) is 11.3 Å². The molecule has 2 heterocycles. The van der Waals surface area contributed by atoms with Crippen LogP contribution in [0.5, 0.6) is 0 Å². The molecular weight excluding hydrogens is 327 g/mol. The summed E-state index contributed by atoms with van der Waals surface area (Å²) in [7, 11) is 1.39. The first-order valence-electron chi connectivity index (χ1n) is 7.15. The van der Waals surface area contributed by atoms with E-state index in [0.717, 1.165) is 18.7 Å². The van der Waals surface area contributed by atoms with Crippen molar-refractivity contribution in [3.8, 4) is 0 Å². The molecule has 0 saturated carbocycles. The van der Waals surface area contributed by atoms with Crippen LogP contribution in [0, 0.1) is 6.92 Å². The summed E-state index contributed by atoms with van der Waals surface area (Å²) >= 11 is 11.9. The number of methoxy groups -OCH3 is 1. The molecule has 0 spiro atoms. The lowest BCUT2D eigenvalue weighted by molar-refractivity contribution is -0.140. The summed E-state index contributed by atoms with van der Waals surface area (Å²) in [5, 5.41) is 0.367. The lowest BCUT2D eigenvalue weighted by atomic mass is 10.2. The SMILES string of the molecule is CC.COC(=O)CCCCn1c(C)nc2nc(Cl)nc(Cl)c21. The van der Waals surface area contributed by atoms with E-state index < -0.39 is 0 Å². The predicted octanol–water partition coefficient (Wildman–Crippen LogP) is 3.81. The Kier molecular flexibility index (Phi) is 7.55. The van der Waals surface area contributed by atoms with Crippen molar-refractivity contribution in [3.63, 3.8) is 0 Å². The monoisotopic (exact) mass is 346 g/mol. The number of fused-ring (bicyclic) bond motifs is 1. The largest absolute Gasteiger partial charge is 0.469 e. The summed E-state index contributed by atoms with van der Waals surface area (Å²) in [6, 6.07) is 0. The van der Waals surface area contributed by atoms with Gasteiger partial charge in [-0.1, -0.05) is 25.4 Å². The van der Waals surface area contributed by atoms with Crippen molar-refractivity contribution in [1.29, 1.82) is 0 Å². The Morgan fingerprint density at radius 2 is 1.86 bits per heavy atom. The minimum Gasteiger partial charge on any atom is -0.469 e. The number of hydrogen-bond acceptors (Lipinski definition) is 5. The van der Waals surface area contributed by atoms with Gasteiger partial charge in [0.15, 0.2) is 10.8 Å². The maximum absolute atomic E-state index is 11.0. The number of hydrogen-bond donors (Lipinski definition) is 0. The van der Waals surface area contributed by atoms with Gasteiger partial charge in [0.05, 0.1) is 7.11 Å². The van der Waals surface area contributed by atoms with Crippen molar-refractivity contribution in [2.75, 3.05) is 7.11 Å². The van der Waals surface area contributed by atoms with Gasteiger partial charge in [-0.3, -0.25) is 4.79 Å². The predicted molar refractivity (Wildman–Crippen MR) is 87.3 cm³/mol. The molecule has 0 aliphatic carbocycles. The van der Waals surface area contributed by atoms with Gasteiger partial charge < -0.3 is 9.30 Å². The van der Waals surface area contributed by atoms with Crippen LogP contribution in [0.2, 0.25) is 10.4 Å². The Hall–Kier alpha value is -1.40. The molecule has 0 amide bonds. The standard InChI is InChI=1S/C12H14Cl2N4O2.C2H6/c1-7-15-11-9(10(13)16-12(14)17-11)18(7)6-4-3-5-8(19)20-2;1-2/h3-6H2,1-2H3;1-2H3. The van der Waals surface area contributed by atoms with Crippen LogP contribution < -0.4 is 0 Å². The molecule has 6 nitrogen and oxygen atoms in total. The van der Waals surface area contributed by atoms with Crippen LogP contribution in [-0.4, -0.2) is 32.6 Å². The number of halogens is 2. The maximum atomic E-state index is 11.0. The lowest BCUT2D eigenvalue weighted by Crippen LogP contribution is -2.04. The Morgan fingerprint density at radius 3 is 2.50 bits per heavy atom. The number of nitrogens with zero attached hydrogens (tertiary/aromatic N) is 4. The third-order valence-electron chi connectivity index (χ3n) is 2.96. The molecule has 0 atom stereocenters. The Labute approximate surface area is 139 Å². The number of carbonyl (C=O) groups is 1. The molecule has 0 saturated heterocycles. The zero-order chi connectivity index (χ0) is 16.7. The number of rotatable bonds is 5. The molecule has 0 unspecified atom stereocenters. The average molecular weight is 347 g/mol. The second-order valence-electron chi connectivity index (χ2n) is 4.30. The van der Waals surface area contributed by atoms with Gasteiger partial charge in [0.2, 0.25) is 5.28 Å². The van der Waals surface area contributed by atoms with Gasteiger partial charge in [0, 0.05) is 13.0 Å². The summed E-state index contributed by atoms with van der Waals surface area (Å²) in [5.74, 6) is 0.585. The third-order valence-corrected chi connectivity index (χ3v) is 3.40. The van der Waals surface area contributed by atoms with E-state index in [1.54, 1.807) is 0 Å². The Morgan fingerprint density at radius 1 is 1.18 bits per heavy atom. The summed E-state index contributed by atoms with van der Waals surface area (Å²) in [6.45, 7) is 6.55. The van der Waals surface area contributed by atoms with Crippen LogP contribution >= 0.6 is 23.2 Å². The van der Waals surface area contributed by atoms with Crippen LogP contribution in [0.15, 0.2) is 0 Å². The zero-order valence-corrected chi connectivity index (χ0v) is 14.7. The lowest BCUT2D eigenvalue weighted by Gasteiger charge is -2.07. The van der Waals surface area contributed by atoms with Gasteiger partial charge in [0.25, 0.3) is 0 Å². The normalized spacial score (nSPS) is 10.3. The highest BCUT2D eigenvalue weighted by molar-refractivity contribution is 6.35. The summed E-state index contributed by atoms with van der Waals surface area (Å²) in [5.41, 5.74) is 1.16. The van der Waals surface area contributed by atoms with Crippen molar-refractivity contribution in [1.82, 2.24) is 19.5 Å². The van der Waals surface area contributed by atoms with Crippen LogP contribution in [-0.2, 0) is 16.1 Å². The number of carbonyl (C=O) groups excluding carboxylic acids is 1. The molecule has 0 aliphatic heterocycles. The van der Waals surface area contributed by atoms with Crippen molar-refractivity contribution >= 4 is 40.3 Å². The number of aryl methyl sites for hydroxylation is 2. The first kappa shape index (κ1) is 18.6. The van der Waals surface area contributed by atoms with Gasteiger partial charge in [-0.15, -0.1) is 0 Å². The number of aromatic nitrogens is 4.